The van der Waals surface area contributed by atoms with Crippen LogP contribution in [-0.2, 0) is 40.8 Å². The highest BCUT2D eigenvalue weighted by molar-refractivity contribution is 7.61. The van der Waals surface area contributed by atoms with Crippen molar-refractivity contribution in [1.82, 2.24) is 28.7 Å². The molecule has 0 amide bonds. The van der Waals surface area contributed by atoms with Gasteiger partial charge in [-0.05, 0) is 38.7 Å². The van der Waals surface area contributed by atoms with Crippen molar-refractivity contribution in [3.8, 4) is 0 Å². The number of rotatable bonds is 18. The van der Waals surface area contributed by atoms with Gasteiger partial charge in [0.25, 0.3) is 5.56 Å². The summed E-state index contributed by atoms with van der Waals surface area (Å²) in [4.78, 5) is 50.8. The van der Waals surface area contributed by atoms with Gasteiger partial charge in [-0.15, -0.1) is 0 Å². The molecule has 3 heterocycles. The number of aliphatic hydroxyl groups excluding tert-OH is 2. The van der Waals surface area contributed by atoms with E-state index in [0.717, 1.165) is 32.3 Å². The number of phosphoric acid groups is 2. The largest absolute Gasteiger partial charge is 0.482 e. The number of aryl methyl sites for hydroxylation is 1. The minimum Gasteiger partial charge on any atom is -0.387 e. The van der Waals surface area contributed by atoms with E-state index in [4.69, 9.17) is 13.8 Å². The molecular weight excluding hydrogens is 686 g/mol. The Morgan fingerprint density at radius 2 is 1.59 bits per heavy atom. The Kier molecular flexibility index (Phi) is 13.0. The molecule has 0 saturated carbocycles. The van der Waals surface area contributed by atoms with Gasteiger partial charge < -0.3 is 29.6 Å². The van der Waals surface area contributed by atoms with Gasteiger partial charge in [0.05, 0.1) is 24.4 Å². The van der Waals surface area contributed by atoms with Crippen molar-refractivity contribution in [2.45, 2.75) is 64.7 Å². The Labute approximate surface area is 283 Å². The smallest absolute Gasteiger partial charge is 0.387 e. The summed E-state index contributed by atoms with van der Waals surface area (Å²) in [5, 5.41) is 27.8. The molecule has 20 heteroatoms. The third kappa shape index (κ3) is 9.03. The predicted octanol–water partition coefficient (Wildman–Crippen LogP) is 1.22. The Morgan fingerprint density at radius 3 is 2.24 bits per heavy atom. The topological polar surface area (TPSA) is 220 Å². The van der Waals surface area contributed by atoms with Crippen molar-refractivity contribution in [2.24, 2.45) is 7.05 Å². The standard InChI is InChI=1S/C29H46N6O12P2/c1-6-32(7-2)17-15-29(19-44-48(40,41)47-49(42,43)45-20-33(8-3)9-4)26(38)25(37)27(46-29)34-16-14-24(36)35(28(34)39)18-22-21-12-10-11-13-23(21)31(5)30-22/h10-14,16,25-27,37-38H,6-9,15,17-20H2,1-5H3,(H,40,41)(H,42,43)/t25-,26?,27?,29?/m0/s1. The summed E-state index contributed by atoms with van der Waals surface area (Å²) < 4.78 is 49.4. The van der Waals surface area contributed by atoms with Crippen molar-refractivity contribution in [3.05, 3.63) is 63.1 Å². The van der Waals surface area contributed by atoms with Crippen LogP contribution in [0.2, 0.25) is 0 Å². The summed E-state index contributed by atoms with van der Waals surface area (Å²) in [6.45, 7) is 8.30. The molecule has 1 aliphatic rings. The third-order valence-electron chi connectivity index (χ3n) is 8.74. The fourth-order valence-corrected chi connectivity index (χ4v) is 7.82. The molecule has 6 atom stereocenters. The van der Waals surface area contributed by atoms with E-state index in [1.165, 1.54) is 0 Å². The van der Waals surface area contributed by atoms with Crippen molar-refractivity contribution in [2.75, 3.05) is 46.1 Å². The molecule has 1 fully saturated rings. The Bertz CT molecular complexity index is 1790. The lowest BCUT2D eigenvalue weighted by Crippen LogP contribution is -2.49. The Balaban J connectivity index is 1.62. The number of aliphatic hydroxyl groups is 2. The highest BCUT2D eigenvalue weighted by Crippen LogP contribution is 2.61. The molecule has 0 spiro atoms. The summed E-state index contributed by atoms with van der Waals surface area (Å²) in [5.74, 6) is 0. The molecule has 49 heavy (non-hydrogen) atoms. The molecule has 4 N–H and O–H groups in total. The van der Waals surface area contributed by atoms with Crippen LogP contribution in [0.15, 0.2) is 46.1 Å². The van der Waals surface area contributed by atoms with Gasteiger partial charge in [0.15, 0.2) is 6.23 Å². The second kappa shape index (κ2) is 16.2. The van der Waals surface area contributed by atoms with E-state index in [0.29, 0.717) is 31.9 Å². The van der Waals surface area contributed by atoms with E-state index in [2.05, 4.69) is 9.41 Å². The maximum Gasteiger partial charge on any atom is 0.482 e. The zero-order valence-corrected chi connectivity index (χ0v) is 30.0. The van der Waals surface area contributed by atoms with Crippen LogP contribution in [0.5, 0.6) is 0 Å². The number of hydrogen-bond acceptors (Lipinski definition) is 13. The van der Waals surface area contributed by atoms with Gasteiger partial charge in [0.1, 0.15) is 24.5 Å². The Hall–Kier alpha value is -2.57. The minimum absolute atomic E-state index is 0.0764. The quantitative estimate of drug-likeness (QED) is 0.107. The van der Waals surface area contributed by atoms with E-state index in [9.17, 15) is 38.7 Å². The molecule has 4 rings (SSSR count). The lowest BCUT2D eigenvalue weighted by molar-refractivity contribution is -0.133. The molecule has 274 valence electrons. The van der Waals surface area contributed by atoms with E-state index in [-0.39, 0.29) is 26.2 Å². The van der Waals surface area contributed by atoms with Gasteiger partial charge in [0.2, 0.25) is 0 Å². The summed E-state index contributed by atoms with van der Waals surface area (Å²) in [7, 11) is -8.69. The number of aromatic nitrogens is 4. The fraction of sp³-hybridized carbons (Fsp3) is 0.621. The molecule has 1 aromatic carbocycles. The molecule has 0 bridgehead atoms. The van der Waals surface area contributed by atoms with Crippen LogP contribution in [0.3, 0.4) is 0 Å². The van der Waals surface area contributed by atoms with Crippen molar-refractivity contribution < 1.29 is 47.2 Å². The minimum atomic E-state index is -5.33. The summed E-state index contributed by atoms with van der Waals surface area (Å²) in [6.07, 6.45) is -4.10. The number of fused-ring (bicyclic) bond motifs is 1. The number of phosphoric ester groups is 2. The average molecular weight is 733 g/mol. The summed E-state index contributed by atoms with van der Waals surface area (Å²) in [6, 6.07) is 8.40. The van der Waals surface area contributed by atoms with Gasteiger partial charge >= 0.3 is 21.3 Å². The highest BCUT2D eigenvalue weighted by atomic mass is 31.3. The van der Waals surface area contributed by atoms with E-state index in [1.54, 1.807) is 36.5 Å². The first-order chi connectivity index (χ1) is 23.1. The van der Waals surface area contributed by atoms with Crippen molar-refractivity contribution in [1.29, 1.82) is 0 Å². The lowest BCUT2D eigenvalue weighted by atomic mass is 9.92. The molecule has 1 saturated heterocycles. The van der Waals surface area contributed by atoms with Crippen molar-refractivity contribution >= 4 is 26.5 Å². The number of ether oxygens (including phenoxy) is 1. The van der Waals surface area contributed by atoms with Gasteiger partial charge in [-0.1, -0.05) is 45.9 Å². The van der Waals surface area contributed by atoms with Crippen LogP contribution in [-0.4, -0.2) is 113 Å². The number of nitrogens with zero attached hydrogens (tertiary/aromatic N) is 6. The van der Waals surface area contributed by atoms with E-state index in [1.807, 2.05) is 36.9 Å². The molecule has 2 aromatic heterocycles. The molecular formula is C29H46N6O12P2. The zero-order valence-electron chi connectivity index (χ0n) is 28.2. The van der Waals surface area contributed by atoms with E-state index < -0.39 is 57.5 Å². The van der Waals surface area contributed by atoms with Gasteiger partial charge in [-0.25, -0.2) is 13.9 Å². The van der Waals surface area contributed by atoms with Gasteiger partial charge in [-0.3, -0.25) is 32.6 Å². The van der Waals surface area contributed by atoms with Crippen LogP contribution < -0.4 is 11.2 Å². The highest BCUT2D eigenvalue weighted by Gasteiger charge is 2.56. The second-order valence-corrected chi connectivity index (χ2v) is 14.7. The Morgan fingerprint density at radius 1 is 0.959 bits per heavy atom. The molecule has 3 aromatic rings. The molecule has 18 nitrogen and oxygen atoms in total. The number of hydrogen-bond donors (Lipinski definition) is 4. The van der Waals surface area contributed by atoms with Crippen molar-refractivity contribution in [3.63, 3.8) is 0 Å². The fourth-order valence-electron chi connectivity index (χ4n) is 5.71. The van der Waals surface area contributed by atoms with Gasteiger partial charge in [0, 0.05) is 31.2 Å². The van der Waals surface area contributed by atoms with Crippen LogP contribution >= 0.6 is 15.6 Å². The average Bonchev–Trinajstić information content (AvgIpc) is 3.51. The number of benzene rings is 1. The molecule has 5 unspecified atom stereocenters. The summed E-state index contributed by atoms with van der Waals surface area (Å²) in [5.41, 5.74) is -2.20. The zero-order chi connectivity index (χ0) is 36.1. The van der Waals surface area contributed by atoms with Crippen LogP contribution in [0.1, 0.15) is 46.0 Å². The van der Waals surface area contributed by atoms with Crippen LogP contribution in [0, 0.1) is 0 Å². The first-order valence-corrected chi connectivity index (χ1v) is 19.0. The first-order valence-electron chi connectivity index (χ1n) is 16.0. The lowest BCUT2D eigenvalue weighted by Gasteiger charge is -2.34. The third-order valence-corrected chi connectivity index (χ3v) is 11.3. The van der Waals surface area contributed by atoms with Crippen LogP contribution in [0.25, 0.3) is 10.9 Å². The monoisotopic (exact) mass is 732 g/mol. The normalized spacial score (nSPS) is 23.8. The first kappa shape index (κ1) is 39.2. The maximum atomic E-state index is 13.8. The SMILES string of the molecule is CCN(CC)CCC1(COP(=O)(O)OP(=O)(O)OCN(CC)CC)OC(n2ccc(=O)n(Cc3nn(C)c4ccccc34)c2=O)[C@@H](O)C1O. The molecule has 1 aliphatic heterocycles. The number of para-hydroxylation sites is 1. The maximum absolute atomic E-state index is 13.8. The predicted molar refractivity (Wildman–Crippen MR) is 178 cm³/mol. The van der Waals surface area contributed by atoms with Gasteiger partial charge in [-0.2, -0.15) is 9.41 Å². The molecule has 0 radical (unpaired) electrons. The second-order valence-electron chi connectivity index (χ2n) is 11.7. The van der Waals surface area contributed by atoms with E-state index >= 15 is 0 Å². The summed E-state index contributed by atoms with van der Waals surface area (Å²) >= 11 is 0. The molecule has 0 aliphatic carbocycles. The van der Waals surface area contributed by atoms with Crippen LogP contribution in [0.4, 0.5) is 0 Å².